The van der Waals surface area contributed by atoms with E-state index in [4.69, 9.17) is 10.5 Å². The van der Waals surface area contributed by atoms with Crippen LogP contribution >= 0.6 is 22.6 Å². The zero-order valence-corrected chi connectivity index (χ0v) is 15.8. The third kappa shape index (κ3) is 4.50. The van der Waals surface area contributed by atoms with Crippen molar-refractivity contribution < 1.29 is 4.74 Å². The van der Waals surface area contributed by atoms with Crippen LogP contribution in [0.25, 0.3) is 0 Å². The average Bonchev–Trinajstić information content (AvgIpc) is 2.62. The molecule has 0 aliphatic heterocycles. The summed E-state index contributed by atoms with van der Waals surface area (Å²) in [6.07, 6.45) is 1.47. The van der Waals surface area contributed by atoms with Crippen LogP contribution in [0.1, 0.15) is 6.92 Å². The van der Waals surface area contributed by atoms with Crippen LogP contribution in [0.3, 0.4) is 0 Å². The Bertz CT molecular complexity index is 837. The number of aromatic nitrogens is 2. The van der Waals surface area contributed by atoms with Crippen LogP contribution in [0.15, 0.2) is 54.9 Å². The maximum absolute atomic E-state index is 6.21. The van der Waals surface area contributed by atoms with E-state index in [1.54, 1.807) is 0 Å². The molecule has 25 heavy (non-hydrogen) atoms. The number of halogens is 1. The number of benzene rings is 2. The fraction of sp³-hybridized carbons (Fsp3) is 0.111. The lowest BCUT2D eigenvalue weighted by molar-refractivity contribution is 0.340. The van der Waals surface area contributed by atoms with E-state index in [0.29, 0.717) is 23.9 Å². The second-order valence-corrected chi connectivity index (χ2v) is 6.44. The Hall–Kier alpha value is -2.55. The number of nitrogens with one attached hydrogen (secondary N) is 2. The fourth-order valence-corrected chi connectivity index (χ4v) is 2.56. The van der Waals surface area contributed by atoms with E-state index in [0.717, 1.165) is 20.7 Å². The summed E-state index contributed by atoms with van der Waals surface area (Å²) < 4.78 is 6.60. The first-order chi connectivity index (χ1) is 12.2. The number of hydrogen-bond donors (Lipinski definition) is 3. The molecule has 0 amide bonds. The van der Waals surface area contributed by atoms with E-state index in [1.807, 2.05) is 55.5 Å². The van der Waals surface area contributed by atoms with E-state index in [2.05, 4.69) is 43.2 Å². The molecule has 1 aromatic heterocycles. The predicted octanol–water partition coefficient (Wildman–Crippen LogP) is 4.55. The van der Waals surface area contributed by atoms with Crippen molar-refractivity contribution in [3.05, 3.63) is 58.4 Å². The van der Waals surface area contributed by atoms with Crippen molar-refractivity contribution in [2.24, 2.45) is 0 Å². The van der Waals surface area contributed by atoms with Gasteiger partial charge in [-0.2, -0.15) is 0 Å². The van der Waals surface area contributed by atoms with Gasteiger partial charge in [0.15, 0.2) is 11.6 Å². The quantitative estimate of drug-likeness (QED) is 0.481. The summed E-state index contributed by atoms with van der Waals surface area (Å²) in [4.78, 5) is 8.46. The number of anilines is 5. The number of ether oxygens (including phenoxy) is 1. The van der Waals surface area contributed by atoms with E-state index in [-0.39, 0.29) is 0 Å². The molecule has 0 aliphatic carbocycles. The minimum atomic E-state index is 0.454. The molecule has 0 aliphatic rings. The van der Waals surface area contributed by atoms with Crippen molar-refractivity contribution in [2.75, 3.05) is 23.0 Å². The Morgan fingerprint density at radius 2 is 1.44 bits per heavy atom. The van der Waals surface area contributed by atoms with E-state index >= 15 is 0 Å². The summed E-state index contributed by atoms with van der Waals surface area (Å²) in [6.45, 7) is 2.59. The Labute approximate surface area is 160 Å². The highest BCUT2D eigenvalue weighted by molar-refractivity contribution is 14.1. The highest BCUT2D eigenvalue weighted by Crippen LogP contribution is 2.28. The molecule has 6 nitrogen and oxygen atoms in total. The smallest absolute Gasteiger partial charge is 0.159 e. The van der Waals surface area contributed by atoms with Gasteiger partial charge in [-0.25, -0.2) is 9.97 Å². The highest BCUT2D eigenvalue weighted by Gasteiger charge is 2.09. The van der Waals surface area contributed by atoms with Gasteiger partial charge in [0.1, 0.15) is 17.8 Å². The molecule has 0 saturated carbocycles. The molecule has 0 spiro atoms. The van der Waals surface area contributed by atoms with Crippen LogP contribution in [0.4, 0.5) is 28.7 Å². The summed E-state index contributed by atoms with van der Waals surface area (Å²) in [5, 5.41) is 6.42. The first-order valence-electron chi connectivity index (χ1n) is 7.78. The lowest BCUT2D eigenvalue weighted by atomic mass is 10.3. The summed E-state index contributed by atoms with van der Waals surface area (Å²) >= 11 is 2.26. The largest absolute Gasteiger partial charge is 0.494 e. The van der Waals surface area contributed by atoms with Crippen LogP contribution in [-0.4, -0.2) is 16.6 Å². The zero-order valence-electron chi connectivity index (χ0n) is 13.7. The molecule has 3 rings (SSSR count). The summed E-state index contributed by atoms with van der Waals surface area (Å²) in [5.41, 5.74) is 8.45. The monoisotopic (exact) mass is 447 g/mol. The molecule has 7 heteroatoms. The second-order valence-electron chi connectivity index (χ2n) is 5.20. The van der Waals surface area contributed by atoms with Gasteiger partial charge in [-0.05, 0) is 78.0 Å². The van der Waals surface area contributed by atoms with Gasteiger partial charge in [-0.3, -0.25) is 0 Å². The van der Waals surface area contributed by atoms with Crippen molar-refractivity contribution in [1.82, 2.24) is 9.97 Å². The van der Waals surface area contributed by atoms with E-state index in [9.17, 15) is 0 Å². The first-order valence-corrected chi connectivity index (χ1v) is 8.86. The van der Waals surface area contributed by atoms with Crippen molar-refractivity contribution in [3.63, 3.8) is 0 Å². The van der Waals surface area contributed by atoms with Crippen LogP contribution in [0, 0.1) is 3.57 Å². The molecule has 0 saturated heterocycles. The Morgan fingerprint density at radius 3 is 1.96 bits per heavy atom. The van der Waals surface area contributed by atoms with Crippen molar-refractivity contribution in [3.8, 4) is 5.75 Å². The molecule has 0 radical (unpaired) electrons. The Morgan fingerprint density at radius 1 is 0.920 bits per heavy atom. The second kappa shape index (κ2) is 8.02. The van der Waals surface area contributed by atoms with Crippen LogP contribution in [-0.2, 0) is 0 Å². The lowest BCUT2D eigenvalue weighted by Crippen LogP contribution is -2.05. The minimum Gasteiger partial charge on any atom is -0.494 e. The lowest BCUT2D eigenvalue weighted by Gasteiger charge is -2.13. The van der Waals surface area contributed by atoms with Gasteiger partial charge in [0.05, 0.1) is 6.61 Å². The molecule has 4 N–H and O–H groups in total. The van der Waals surface area contributed by atoms with Crippen LogP contribution in [0.5, 0.6) is 5.75 Å². The molecule has 0 bridgehead atoms. The maximum Gasteiger partial charge on any atom is 0.159 e. The van der Waals surface area contributed by atoms with Crippen LogP contribution in [0.2, 0.25) is 0 Å². The van der Waals surface area contributed by atoms with Gasteiger partial charge >= 0.3 is 0 Å². The third-order valence-corrected chi connectivity index (χ3v) is 4.14. The van der Waals surface area contributed by atoms with Crippen molar-refractivity contribution in [2.45, 2.75) is 6.92 Å². The highest BCUT2D eigenvalue weighted by atomic mass is 127. The number of rotatable bonds is 6. The Balaban J connectivity index is 1.77. The van der Waals surface area contributed by atoms with Gasteiger partial charge in [0.25, 0.3) is 0 Å². The summed E-state index contributed by atoms with van der Waals surface area (Å²) in [7, 11) is 0. The van der Waals surface area contributed by atoms with Gasteiger partial charge in [0, 0.05) is 14.9 Å². The topological polar surface area (TPSA) is 85.1 Å². The molecule has 2 aromatic carbocycles. The van der Waals surface area contributed by atoms with Crippen molar-refractivity contribution in [1.29, 1.82) is 0 Å². The molecule has 3 aromatic rings. The molecule has 128 valence electrons. The normalized spacial score (nSPS) is 10.3. The average molecular weight is 447 g/mol. The van der Waals surface area contributed by atoms with Crippen LogP contribution < -0.4 is 21.1 Å². The predicted molar refractivity (Wildman–Crippen MR) is 110 cm³/mol. The summed E-state index contributed by atoms with van der Waals surface area (Å²) in [6, 6.07) is 15.6. The maximum atomic E-state index is 6.21. The summed E-state index contributed by atoms with van der Waals surface area (Å²) in [5.74, 6) is 1.93. The number of nitrogens with two attached hydrogens (primary N) is 1. The SMILES string of the molecule is CCOc1ccc(Nc2ncnc(Nc3ccc(I)cc3)c2N)cc1. The molecule has 0 atom stereocenters. The Kier molecular flexibility index (Phi) is 5.54. The zero-order chi connectivity index (χ0) is 17.6. The van der Waals surface area contributed by atoms with Crippen molar-refractivity contribution >= 4 is 51.3 Å². The third-order valence-electron chi connectivity index (χ3n) is 3.42. The first kappa shape index (κ1) is 17.3. The van der Waals surface area contributed by atoms with Gasteiger partial charge < -0.3 is 21.1 Å². The molecule has 0 unspecified atom stereocenters. The van der Waals surface area contributed by atoms with E-state index < -0.39 is 0 Å². The van der Waals surface area contributed by atoms with Gasteiger partial charge in [-0.15, -0.1) is 0 Å². The number of hydrogen-bond acceptors (Lipinski definition) is 6. The van der Waals surface area contributed by atoms with E-state index in [1.165, 1.54) is 6.33 Å². The molecular formula is C18H18IN5O. The standard InChI is InChI=1S/C18H18IN5O/c1-2-25-15-9-7-14(8-10-15)24-18-16(20)17(21-11-22-18)23-13-5-3-12(19)4-6-13/h3-11H,2,20H2,1H3,(H2,21,22,23,24). The fourth-order valence-electron chi connectivity index (χ4n) is 2.20. The van der Waals surface area contributed by atoms with Gasteiger partial charge in [0.2, 0.25) is 0 Å². The molecular weight excluding hydrogens is 429 g/mol. The molecule has 1 heterocycles. The van der Waals surface area contributed by atoms with Gasteiger partial charge in [-0.1, -0.05) is 0 Å². The number of nitrogens with zero attached hydrogens (tertiary/aromatic N) is 2. The minimum absolute atomic E-state index is 0.454. The molecule has 0 fully saturated rings. The number of nitrogen functional groups attached to an aromatic ring is 1.